The van der Waals surface area contributed by atoms with E-state index in [1.807, 2.05) is 26.1 Å². The Morgan fingerprint density at radius 1 is 1.28 bits per heavy atom. The highest BCUT2D eigenvalue weighted by Crippen LogP contribution is 2.28. The summed E-state index contributed by atoms with van der Waals surface area (Å²) in [6.07, 6.45) is 13.8. The van der Waals surface area contributed by atoms with E-state index in [1.54, 1.807) is 6.21 Å². The Bertz CT molecular complexity index is 1220. The van der Waals surface area contributed by atoms with Crippen LogP contribution in [0.2, 0.25) is 0 Å². The van der Waals surface area contributed by atoms with Crippen molar-refractivity contribution in [3.8, 4) is 11.5 Å². The Kier molecular flexibility index (Phi) is 6.56. The number of likely N-dealkylation sites (tertiary alicyclic amines) is 1. The Balaban J connectivity index is 1.68. The molecule has 0 atom stereocenters. The molecule has 0 radical (unpaired) electrons. The largest absolute Gasteiger partial charge is 0.340 e. The maximum atomic E-state index is 4.67. The zero-order valence-corrected chi connectivity index (χ0v) is 18.7. The van der Waals surface area contributed by atoms with E-state index < -0.39 is 0 Å². The number of fused-ring (bicyclic) bond motifs is 1. The van der Waals surface area contributed by atoms with Gasteiger partial charge in [-0.1, -0.05) is 25.3 Å². The Hall–Kier alpha value is -3.58. The lowest BCUT2D eigenvalue weighted by molar-refractivity contribution is 0.371. The lowest BCUT2D eigenvalue weighted by atomic mass is 10.1. The van der Waals surface area contributed by atoms with Crippen molar-refractivity contribution < 1.29 is 0 Å². The average Bonchev–Trinajstić information content (AvgIpc) is 3.54. The fourth-order valence-corrected chi connectivity index (χ4v) is 3.96. The molecule has 1 aliphatic heterocycles. The van der Waals surface area contributed by atoms with E-state index in [1.165, 1.54) is 24.6 Å². The third-order valence-electron chi connectivity index (χ3n) is 5.71. The molecular formula is C25H29N7. The summed E-state index contributed by atoms with van der Waals surface area (Å²) in [6.45, 7) is 14.9. The lowest BCUT2D eigenvalue weighted by Crippen LogP contribution is -2.21. The predicted octanol–water partition coefficient (Wildman–Crippen LogP) is 4.83. The SMILES string of the molecule is C=CN=Cc1nc(-c2n[nH]c3cnc(C(/C=C(\C=C)CN4CCCC4)=C/C)cc23)[nH]c1C. The summed E-state index contributed by atoms with van der Waals surface area (Å²) in [5.41, 5.74) is 6.44. The van der Waals surface area contributed by atoms with Crippen LogP contribution in [0.5, 0.6) is 0 Å². The summed E-state index contributed by atoms with van der Waals surface area (Å²) >= 11 is 0. The van der Waals surface area contributed by atoms with Crippen molar-refractivity contribution in [2.75, 3.05) is 19.6 Å². The minimum atomic E-state index is 0.690. The number of pyridine rings is 1. The zero-order valence-electron chi connectivity index (χ0n) is 18.7. The number of hydrogen-bond donors (Lipinski definition) is 2. The average molecular weight is 428 g/mol. The zero-order chi connectivity index (χ0) is 22.5. The number of aromatic amines is 2. The van der Waals surface area contributed by atoms with E-state index in [0.717, 1.165) is 58.9 Å². The molecule has 0 saturated carbocycles. The summed E-state index contributed by atoms with van der Waals surface area (Å²) in [6, 6.07) is 2.06. The molecule has 0 spiro atoms. The summed E-state index contributed by atoms with van der Waals surface area (Å²) in [5.74, 6) is 0.690. The van der Waals surface area contributed by atoms with E-state index in [9.17, 15) is 0 Å². The van der Waals surface area contributed by atoms with E-state index in [4.69, 9.17) is 0 Å². The topological polar surface area (TPSA) is 85.8 Å². The van der Waals surface area contributed by atoms with Crippen LogP contribution in [-0.4, -0.2) is 55.9 Å². The number of H-pyrrole nitrogens is 2. The molecular weight excluding hydrogens is 398 g/mol. The fraction of sp³-hybridized carbons (Fsp3) is 0.280. The maximum Gasteiger partial charge on any atom is 0.159 e. The normalized spacial score (nSPS) is 15.8. The molecule has 0 amide bonds. The molecule has 7 heteroatoms. The van der Waals surface area contributed by atoms with Crippen molar-refractivity contribution in [2.24, 2.45) is 4.99 Å². The van der Waals surface area contributed by atoms with Crippen LogP contribution in [0, 0.1) is 6.92 Å². The van der Waals surface area contributed by atoms with Gasteiger partial charge < -0.3 is 4.98 Å². The van der Waals surface area contributed by atoms with Crippen molar-refractivity contribution in [3.05, 3.63) is 72.5 Å². The van der Waals surface area contributed by atoms with E-state index in [-0.39, 0.29) is 0 Å². The molecule has 164 valence electrons. The van der Waals surface area contributed by atoms with Crippen LogP contribution in [-0.2, 0) is 0 Å². The number of imidazole rings is 1. The number of rotatable bonds is 8. The van der Waals surface area contributed by atoms with Gasteiger partial charge in [0.1, 0.15) is 11.4 Å². The van der Waals surface area contributed by atoms with Crippen LogP contribution >= 0.6 is 0 Å². The first-order chi connectivity index (χ1) is 15.6. The molecule has 2 N–H and O–H groups in total. The molecule has 3 aromatic heterocycles. The van der Waals surface area contributed by atoms with Crippen LogP contribution in [0.25, 0.3) is 28.0 Å². The molecule has 0 aliphatic carbocycles. The van der Waals surface area contributed by atoms with Gasteiger partial charge in [0.25, 0.3) is 0 Å². The van der Waals surface area contributed by atoms with Gasteiger partial charge in [-0.2, -0.15) is 5.10 Å². The van der Waals surface area contributed by atoms with Gasteiger partial charge in [0.15, 0.2) is 5.82 Å². The van der Waals surface area contributed by atoms with Gasteiger partial charge in [-0.05, 0) is 63.1 Å². The van der Waals surface area contributed by atoms with Gasteiger partial charge in [0.05, 0.1) is 23.6 Å². The maximum absolute atomic E-state index is 4.67. The molecule has 4 rings (SSSR count). The molecule has 0 aromatic carbocycles. The second-order valence-corrected chi connectivity index (χ2v) is 7.89. The smallest absolute Gasteiger partial charge is 0.159 e. The number of nitrogens with zero attached hydrogens (tertiary/aromatic N) is 5. The second kappa shape index (κ2) is 9.70. The van der Waals surface area contributed by atoms with Crippen molar-refractivity contribution in [1.29, 1.82) is 0 Å². The lowest BCUT2D eigenvalue weighted by Gasteiger charge is -2.15. The number of nitrogens with one attached hydrogen (secondary N) is 2. The van der Waals surface area contributed by atoms with E-state index in [0.29, 0.717) is 5.82 Å². The molecule has 1 aliphatic rings. The van der Waals surface area contributed by atoms with Gasteiger partial charge in [0, 0.05) is 23.8 Å². The Labute approximate surface area is 188 Å². The minimum Gasteiger partial charge on any atom is -0.340 e. The molecule has 7 nitrogen and oxygen atoms in total. The minimum absolute atomic E-state index is 0.690. The van der Waals surface area contributed by atoms with Gasteiger partial charge in [-0.3, -0.25) is 20.0 Å². The van der Waals surface area contributed by atoms with Gasteiger partial charge >= 0.3 is 0 Å². The summed E-state index contributed by atoms with van der Waals surface area (Å²) < 4.78 is 0. The first-order valence-electron chi connectivity index (χ1n) is 10.9. The van der Waals surface area contributed by atoms with E-state index >= 15 is 0 Å². The van der Waals surface area contributed by atoms with Gasteiger partial charge in [-0.15, -0.1) is 0 Å². The number of aromatic nitrogens is 5. The molecule has 1 fully saturated rings. The Morgan fingerprint density at radius 2 is 2.09 bits per heavy atom. The first kappa shape index (κ1) is 21.6. The van der Waals surface area contributed by atoms with Crippen molar-refractivity contribution in [2.45, 2.75) is 26.7 Å². The molecule has 0 bridgehead atoms. The van der Waals surface area contributed by atoms with Crippen LogP contribution in [0.15, 0.2) is 60.4 Å². The fourth-order valence-electron chi connectivity index (χ4n) is 3.96. The van der Waals surface area contributed by atoms with Crippen LogP contribution in [0.3, 0.4) is 0 Å². The van der Waals surface area contributed by atoms with Crippen molar-refractivity contribution in [3.63, 3.8) is 0 Å². The number of allylic oxidation sites excluding steroid dienone is 3. The second-order valence-electron chi connectivity index (χ2n) is 7.89. The number of hydrogen-bond acceptors (Lipinski definition) is 5. The van der Waals surface area contributed by atoms with Crippen LogP contribution < -0.4 is 0 Å². The van der Waals surface area contributed by atoms with Crippen LogP contribution in [0.4, 0.5) is 0 Å². The standard InChI is InChI=1S/C25H29N7/c1-5-18(16-32-10-8-9-11-32)12-19(6-2)21-13-20-23(15-27-21)30-31-24(20)25-28-17(4)22(29-25)14-26-7-3/h5-7,12-15H,1,3,8-11,16H2,2,4H3,(H,28,29)(H,30,31)/b18-12+,19-6+,26-14?. The molecule has 32 heavy (non-hydrogen) atoms. The third-order valence-corrected chi connectivity index (χ3v) is 5.71. The Morgan fingerprint density at radius 3 is 2.81 bits per heavy atom. The summed E-state index contributed by atoms with van der Waals surface area (Å²) in [5, 5.41) is 8.52. The van der Waals surface area contributed by atoms with Gasteiger partial charge in [0.2, 0.25) is 0 Å². The molecule has 3 aromatic rings. The quantitative estimate of drug-likeness (QED) is 0.398. The summed E-state index contributed by atoms with van der Waals surface area (Å²) in [4.78, 5) is 19.2. The predicted molar refractivity (Wildman–Crippen MR) is 132 cm³/mol. The van der Waals surface area contributed by atoms with Crippen molar-refractivity contribution >= 4 is 22.7 Å². The monoisotopic (exact) mass is 427 g/mol. The van der Waals surface area contributed by atoms with Crippen molar-refractivity contribution in [1.82, 2.24) is 30.0 Å². The highest BCUT2D eigenvalue weighted by Gasteiger charge is 2.16. The number of aliphatic imine (C=N–C) groups is 1. The van der Waals surface area contributed by atoms with Gasteiger partial charge in [-0.25, -0.2) is 4.98 Å². The molecule has 1 saturated heterocycles. The van der Waals surface area contributed by atoms with Crippen LogP contribution in [0.1, 0.15) is 36.8 Å². The highest BCUT2D eigenvalue weighted by molar-refractivity contribution is 5.93. The molecule has 4 heterocycles. The summed E-state index contributed by atoms with van der Waals surface area (Å²) in [7, 11) is 0. The van der Waals surface area contributed by atoms with E-state index in [2.05, 4.69) is 66.4 Å². The highest BCUT2D eigenvalue weighted by atomic mass is 15.1. The molecule has 0 unspecified atom stereocenters. The third kappa shape index (κ3) is 4.53. The first-order valence-corrected chi connectivity index (χ1v) is 10.9. The number of aryl methyl sites for hydroxylation is 1.